The zero-order valence-electron chi connectivity index (χ0n) is 18.2. The molecule has 1 fully saturated rings. The number of pyridine rings is 1. The minimum atomic E-state index is 0. The van der Waals surface area contributed by atoms with Crippen LogP contribution in [0.25, 0.3) is 0 Å². The summed E-state index contributed by atoms with van der Waals surface area (Å²) in [6.45, 7) is 5.53. The average Bonchev–Trinajstić information content (AvgIpc) is 3.14. The van der Waals surface area contributed by atoms with Crippen molar-refractivity contribution in [1.82, 2.24) is 20.5 Å². The number of guanidine groups is 1. The molecule has 0 saturated carbocycles. The highest BCUT2D eigenvalue weighted by Crippen LogP contribution is 2.17. The van der Waals surface area contributed by atoms with Gasteiger partial charge in [-0.2, -0.15) is 0 Å². The van der Waals surface area contributed by atoms with Crippen LogP contribution >= 0.6 is 24.0 Å². The third kappa shape index (κ3) is 8.01. The van der Waals surface area contributed by atoms with Crippen molar-refractivity contribution in [3.63, 3.8) is 0 Å². The number of aromatic nitrogens is 1. The lowest BCUT2D eigenvalue weighted by molar-refractivity contribution is -0.127. The largest absolute Gasteiger partial charge is 0.481 e. The first-order valence-electron chi connectivity index (χ1n) is 10.5. The van der Waals surface area contributed by atoms with E-state index in [2.05, 4.69) is 32.7 Å². The van der Waals surface area contributed by atoms with E-state index in [1.807, 2.05) is 48.2 Å². The van der Waals surface area contributed by atoms with Crippen LogP contribution in [0.15, 0.2) is 53.5 Å². The number of aliphatic imine (C=N–C) groups is 1. The van der Waals surface area contributed by atoms with Gasteiger partial charge in [-0.15, -0.1) is 24.0 Å². The van der Waals surface area contributed by atoms with E-state index in [1.54, 1.807) is 7.11 Å². The average molecular weight is 537 g/mol. The predicted molar refractivity (Wildman–Crippen MR) is 134 cm³/mol. The van der Waals surface area contributed by atoms with Gasteiger partial charge in [0, 0.05) is 44.6 Å². The first kappa shape index (κ1) is 24.9. The molecule has 1 aromatic heterocycles. The van der Waals surface area contributed by atoms with Crippen LogP contribution in [0.1, 0.15) is 24.6 Å². The van der Waals surface area contributed by atoms with Crippen LogP contribution in [0.3, 0.4) is 0 Å². The maximum absolute atomic E-state index is 12.4. The van der Waals surface area contributed by atoms with Crippen molar-refractivity contribution >= 4 is 35.8 Å². The number of rotatable bonds is 9. The Labute approximate surface area is 201 Å². The first-order chi connectivity index (χ1) is 14.7. The van der Waals surface area contributed by atoms with Gasteiger partial charge in [0.05, 0.1) is 19.3 Å². The first-order valence-corrected chi connectivity index (χ1v) is 10.5. The van der Waals surface area contributed by atoms with Crippen LogP contribution in [0.5, 0.6) is 5.88 Å². The summed E-state index contributed by atoms with van der Waals surface area (Å²) >= 11 is 0. The van der Waals surface area contributed by atoms with E-state index in [9.17, 15) is 4.79 Å². The summed E-state index contributed by atoms with van der Waals surface area (Å²) in [6, 6.07) is 16.0. The van der Waals surface area contributed by atoms with Crippen molar-refractivity contribution < 1.29 is 9.53 Å². The Bertz CT molecular complexity index is 847. The molecule has 1 saturated heterocycles. The van der Waals surface area contributed by atoms with Gasteiger partial charge in [0.2, 0.25) is 11.8 Å². The van der Waals surface area contributed by atoms with Gasteiger partial charge in [0.15, 0.2) is 5.96 Å². The number of hydrogen-bond acceptors (Lipinski definition) is 4. The molecule has 0 radical (unpaired) electrons. The number of likely N-dealkylation sites (tertiary alicyclic amines) is 1. The van der Waals surface area contributed by atoms with E-state index < -0.39 is 0 Å². The molecule has 168 valence electrons. The van der Waals surface area contributed by atoms with Crippen molar-refractivity contribution in [2.24, 2.45) is 10.9 Å². The zero-order chi connectivity index (χ0) is 21.2. The summed E-state index contributed by atoms with van der Waals surface area (Å²) in [4.78, 5) is 23.4. The topological polar surface area (TPSA) is 78.9 Å². The van der Waals surface area contributed by atoms with Crippen molar-refractivity contribution in [3.8, 4) is 5.88 Å². The number of nitrogens with one attached hydrogen (secondary N) is 2. The third-order valence-corrected chi connectivity index (χ3v) is 5.10. The second-order valence-electron chi connectivity index (χ2n) is 7.39. The van der Waals surface area contributed by atoms with Gasteiger partial charge < -0.3 is 20.3 Å². The highest BCUT2D eigenvalue weighted by Gasteiger charge is 2.29. The standard InChI is InChI=1S/C23H31N5O2.HI/c1-3-24-23(26-16-20-10-7-11-21(27-20)30-2)25-15-19-14-22(29)28(17-19)13-12-18-8-5-4-6-9-18;/h4-11,19H,3,12-17H2,1-2H3,(H2,24,25,26);1H. The molecule has 2 N–H and O–H groups in total. The normalized spacial score (nSPS) is 16.1. The molecule has 31 heavy (non-hydrogen) atoms. The van der Waals surface area contributed by atoms with Crippen molar-refractivity contribution in [1.29, 1.82) is 0 Å². The molecule has 0 aliphatic carbocycles. The maximum atomic E-state index is 12.4. The summed E-state index contributed by atoms with van der Waals surface area (Å²) in [7, 11) is 1.60. The lowest BCUT2D eigenvalue weighted by atomic mass is 10.1. The van der Waals surface area contributed by atoms with Crippen LogP contribution in [-0.2, 0) is 17.8 Å². The Morgan fingerprint density at radius 3 is 2.74 bits per heavy atom. The van der Waals surface area contributed by atoms with Gasteiger partial charge in [0.25, 0.3) is 0 Å². The summed E-state index contributed by atoms with van der Waals surface area (Å²) in [6.07, 6.45) is 1.48. The van der Waals surface area contributed by atoms with E-state index in [0.29, 0.717) is 25.4 Å². The lowest BCUT2D eigenvalue weighted by Crippen LogP contribution is -2.40. The van der Waals surface area contributed by atoms with E-state index in [1.165, 1.54) is 5.56 Å². The van der Waals surface area contributed by atoms with E-state index in [-0.39, 0.29) is 35.8 Å². The van der Waals surface area contributed by atoms with Crippen LogP contribution in [0.2, 0.25) is 0 Å². The van der Waals surface area contributed by atoms with Gasteiger partial charge in [-0.05, 0) is 25.0 Å². The smallest absolute Gasteiger partial charge is 0.223 e. The molecule has 1 aromatic carbocycles. The molecular weight excluding hydrogens is 505 g/mol. The molecule has 1 atom stereocenters. The monoisotopic (exact) mass is 537 g/mol. The van der Waals surface area contributed by atoms with Gasteiger partial charge >= 0.3 is 0 Å². The minimum Gasteiger partial charge on any atom is -0.481 e. The third-order valence-electron chi connectivity index (χ3n) is 5.10. The Balaban J connectivity index is 0.00000341. The second-order valence-corrected chi connectivity index (χ2v) is 7.39. The summed E-state index contributed by atoms with van der Waals surface area (Å²) in [5, 5.41) is 6.63. The number of amides is 1. The molecule has 2 aromatic rings. The van der Waals surface area contributed by atoms with E-state index >= 15 is 0 Å². The highest BCUT2D eigenvalue weighted by atomic mass is 127. The predicted octanol–water partition coefficient (Wildman–Crippen LogP) is 2.85. The molecule has 1 amide bonds. The lowest BCUT2D eigenvalue weighted by Gasteiger charge is -2.18. The van der Waals surface area contributed by atoms with Gasteiger partial charge in [-0.1, -0.05) is 36.4 Å². The fourth-order valence-electron chi connectivity index (χ4n) is 3.52. The number of hydrogen-bond donors (Lipinski definition) is 2. The molecule has 0 bridgehead atoms. The van der Waals surface area contributed by atoms with E-state index in [4.69, 9.17) is 4.74 Å². The molecule has 0 spiro atoms. The number of carbonyl (C=O) groups excluding carboxylic acids is 1. The number of benzene rings is 1. The Hall–Kier alpha value is -2.36. The molecule has 2 heterocycles. The van der Waals surface area contributed by atoms with Crippen LogP contribution < -0.4 is 15.4 Å². The fourth-order valence-corrected chi connectivity index (χ4v) is 3.52. The molecule has 3 rings (SSSR count). The van der Waals surface area contributed by atoms with Crippen molar-refractivity contribution in [2.75, 3.05) is 33.3 Å². The number of nitrogens with zero attached hydrogens (tertiary/aromatic N) is 3. The molecule has 7 nitrogen and oxygen atoms in total. The number of carbonyl (C=O) groups is 1. The van der Waals surface area contributed by atoms with Gasteiger partial charge in [0.1, 0.15) is 0 Å². The summed E-state index contributed by atoms with van der Waals surface area (Å²) in [5.74, 6) is 1.84. The molecular formula is C23H32IN5O2. The highest BCUT2D eigenvalue weighted by molar-refractivity contribution is 14.0. The Morgan fingerprint density at radius 1 is 1.19 bits per heavy atom. The van der Waals surface area contributed by atoms with Crippen molar-refractivity contribution in [2.45, 2.75) is 26.3 Å². The van der Waals surface area contributed by atoms with Crippen LogP contribution in [0.4, 0.5) is 0 Å². The summed E-state index contributed by atoms with van der Waals surface area (Å²) in [5.41, 5.74) is 2.11. The molecule has 1 aliphatic rings. The van der Waals surface area contributed by atoms with Gasteiger partial charge in [-0.3, -0.25) is 4.79 Å². The molecule has 8 heteroatoms. The Morgan fingerprint density at radius 2 is 2.00 bits per heavy atom. The number of halogens is 1. The second kappa shape index (κ2) is 13.1. The SMILES string of the molecule is CCNC(=NCc1cccc(OC)n1)NCC1CC(=O)N(CCc2ccccc2)C1.I. The quantitative estimate of drug-likeness (QED) is 0.292. The van der Waals surface area contributed by atoms with E-state index in [0.717, 1.165) is 37.7 Å². The van der Waals surface area contributed by atoms with Crippen LogP contribution in [0, 0.1) is 5.92 Å². The summed E-state index contributed by atoms with van der Waals surface area (Å²) < 4.78 is 5.16. The fraction of sp³-hybridized carbons (Fsp3) is 0.435. The minimum absolute atomic E-state index is 0. The zero-order valence-corrected chi connectivity index (χ0v) is 20.5. The maximum Gasteiger partial charge on any atom is 0.223 e. The molecule has 1 aliphatic heterocycles. The Kier molecular flexibility index (Phi) is 10.6. The number of methoxy groups -OCH3 is 1. The molecule has 1 unspecified atom stereocenters. The van der Waals surface area contributed by atoms with Crippen molar-refractivity contribution in [3.05, 3.63) is 59.8 Å². The van der Waals surface area contributed by atoms with Gasteiger partial charge in [-0.25, -0.2) is 9.98 Å². The van der Waals surface area contributed by atoms with Crippen LogP contribution in [-0.4, -0.2) is 55.0 Å². The number of ether oxygens (including phenoxy) is 1.